The molecule has 98 valence electrons. The van der Waals surface area contributed by atoms with Crippen LogP contribution in [0, 0.1) is 0 Å². The molecule has 0 saturated carbocycles. The van der Waals surface area contributed by atoms with E-state index in [1.54, 1.807) is 0 Å². The molecule has 2 rings (SSSR count). The number of aromatic nitrogens is 2. The van der Waals surface area contributed by atoms with Crippen molar-refractivity contribution in [2.24, 2.45) is 0 Å². The van der Waals surface area contributed by atoms with Gasteiger partial charge in [-0.1, -0.05) is 34.8 Å². The summed E-state index contributed by atoms with van der Waals surface area (Å²) in [6.07, 6.45) is 2.24. The van der Waals surface area contributed by atoms with Crippen LogP contribution in [0.1, 0.15) is 10.5 Å². The number of hydrogen-bond donors (Lipinski definition) is 1. The van der Waals surface area contributed by atoms with Crippen molar-refractivity contribution in [1.29, 1.82) is 0 Å². The zero-order valence-electron chi connectivity index (χ0n) is 9.10. The zero-order valence-corrected chi connectivity index (χ0v) is 11.4. The Morgan fingerprint density at radius 3 is 2.32 bits per heavy atom. The highest BCUT2D eigenvalue weighted by Gasteiger charge is 2.10. The predicted molar refractivity (Wildman–Crippen MR) is 70.5 cm³/mol. The quantitative estimate of drug-likeness (QED) is 0.868. The Balaban J connectivity index is 2.26. The molecule has 0 fully saturated rings. The van der Waals surface area contributed by atoms with E-state index in [0.717, 1.165) is 6.20 Å². The maximum atomic E-state index is 10.6. The van der Waals surface area contributed by atoms with Gasteiger partial charge in [0.1, 0.15) is 5.75 Å². The molecule has 0 aliphatic carbocycles. The summed E-state index contributed by atoms with van der Waals surface area (Å²) in [7, 11) is 0. The van der Waals surface area contributed by atoms with E-state index in [2.05, 4.69) is 9.97 Å². The van der Waals surface area contributed by atoms with E-state index in [1.807, 2.05) is 0 Å². The third kappa shape index (κ3) is 3.26. The van der Waals surface area contributed by atoms with Crippen LogP contribution in [-0.4, -0.2) is 21.0 Å². The summed E-state index contributed by atoms with van der Waals surface area (Å²) in [6, 6.07) is 2.86. The van der Waals surface area contributed by atoms with Gasteiger partial charge in [0.15, 0.2) is 5.69 Å². The van der Waals surface area contributed by atoms with Crippen molar-refractivity contribution in [2.45, 2.75) is 0 Å². The Bertz CT molecular complexity index is 632. The molecule has 5 nitrogen and oxygen atoms in total. The van der Waals surface area contributed by atoms with Crippen LogP contribution in [0.3, 0.4) is 0 Å². The molecular weight excluding hydrogens is 314 g/mol. The smallest absolute Gasteiger partial charge is 0.356 e. The van der Waals surface area contributed by atoms with Crippen molar-refractivity contribution in [2.75, 3.05) is 0 Å². The molecule has 1 N–H and O–H groups in total. The first kappa shape index (κ1) is 13.9. The Hall–Kier alpha value is -1.56. The fraction of sp³-hybridized carbons (Fsp3) is 0. The lowest BCUT2D eigenvalue weighted by Crippen LogP contribution is -2.01. The Morgan fingerprint density at radius 2 is 1.74 bits per heavy atom. The lowest BCUT2D eigenvalue weighted by atomic mass is 10.3. The highest BCUT2D eigenvalue weighted by molar-refractivity contribution is 6.43. The summed E-state index contributed by atoms with van der Waals surface area (Å²) in [5, 5.41) is 9.50. The van der Waals surface area contributed by atoms with Gasteiger partial charge in [-0.25, -0.2) is 14.8 Å². The molecule has 0 aliphatic rings. The fourth-order valence-electron chi connectivity index (χ4n) is 1.17. The number of ether oxygens (including phenoxy) is 1. The van der Waals surface area contributed by atoms with Crippen LogP contribution >= 0.6 is 34.8 Å². The second kappa shape index (κ2) is 5.61. The third-order valence-corrected chi connectivity index (χ3v) is 3.05. The maximum Gasteiger partial charge on any atom is 0.356 e. The van der Waals surface area contributed by atoms with Gasteiger partial charge < -0.3 is 9.84 Å². The molecule has 2 aromatic rings. The van der Waals surface area contributed by atoms with Crippen LogP contribution < -0.4 is 4.74 Å². The SMILES string of the molecule is O=C(O)c1cnc(Oc2cc(Cl)c(Cl)cc2Cl)cn1. The topological polar surface area (TPSA) is 72.3 Å². The van der Waals surface area contributed by atoms with Crippen molar-refractivity contribution in [3.05, 3.63) is 45.3 Å². The summed E-state index contributed by atoms with van der Waals surface area (Å²) in [4.78, 5) is 18.1. The van der Waals surface area contributed by atoms with Crippen LogP contribution in [0.5, 0.6) is 11.6 Å². The number of carbonyl (C=O) groups is 1. The predicted octanol–water partition coefficient (Wildman–Crippen LogP) is 3.93. The normalized spacial score (nSPS) is 10.3. The molecule has 0 amide bonds. The number of carboxylic acid groups (broad SMARTS) is 1. The molecule has 1 aromatic heterocycles. The Kier molecular flexibility index (Phi) is 4.09. The van der Waals surface area contributed by atoms with Crippen LogP contribution in [-0.2, 0) is 0 Å². The fourth-order valence-corrected chi connectivity index (χ4v) is 1.75. The van der Waals surface area contributed by atoms with Crippen molar-refractivity contribution < 1.29 is 14.6 Å². The monoisotopic (exact) mass is 318 g/mol. The van der Waals surface area contributed by atoms with Crippen molar-refractivity contribution in [3.8, 4) is 11.6 Å². The number of benzene rings is 1. The van der Waals surface area contributed by atoms with Gasteiger partial charge in [-0.3, -0.25) is 0 Å². The number of halogens is 3. The Labute approximate surface area is 122 Å². The average Bonchev–Trinajstić information content (AvgIpc) is 2.36. The van der Waals surface area contributed by atoms with E-state index in [9.17, 15) is 4.79 Å². The van der Waals surface area contributed by atoms with E-state index in [1.165, 1.54) is 18.3 Å². The molecule has 0 saturated heterocycles. The van der Waals surface area contributed by atoms with E-state index in [0.29, 0.717) is 5.02 Å². The first-order chi connectivity index (χ1) is 8.97. The molecule has 0 unspecified atom stereocenters. The summed E-state index contributed by atoms with van der Waals surface area (Å²) < 4.78 is 5.34. The van der Waals surface area contributed by atoms with Crippen LogP contribution in [0.2, 0.25) is 15.1 Å². The Morgan fingerprint density at radius 1 is 1.05 bits per heavy atom. The van der Waals surface area contributed by atoms with Gasteiger partial charge in [-0.15, -0.1) is 0 Å². The first-order valence-electron chi connectivity index (χ1n) is 4.85. The highest BCUT2D eigenvalue weighted by atomic mass is 35.5. The molecule has 8 heteroatoms. The summed E-state index contributed by atoms with van der Waals surface area (Å²) in [5.74, 6) is -0.842. The van der Waals surface area contributed by atoms with Gasteiger partial charge in [0.05, 0.1) is 27.5 Å². The molecule has 1 heterocycles. The maximum absolute atomic E-state index is 10.6. The highest BCUT2D eigenvalue weighted by Crippen LogP contribution is 2.35. The minimum Gasteiger partial charge on any atom is -0.476 e. The van der Waals surface area contributed by atoms with E-state index < -0.39 is 5.97 Å². The number of carboxylic acids is 1. The molecular formula is C11H5Cl3N2O3. The second-order valence-electron chi connectivity index (χ2n) is 3.34. The van der Waals surface area contributed by atoms with Gasteiger partial charge in [0, 0.05) is 6.07 Å². The second-order valence-corrected chi connectivity index (χ2v) is 4.57. The van der Waals surface area contributed by atoms with Crippen molar-refractivity contribution in [3.63, 3.8) is 0 Å². The first-order valence-corrected chi connectivity index (χ1v) is 5.98. The molecule has 1 aromatic carbocycles. The summed E-state index contributed by atoms with van der Waals surface area (Å²) in [6.45, 7) is 0. The van der Waals surface area contributed by atoms with Crippen molar-refractivity contribution >= 4 is 40.8 Å². The molecule has 0 spiro atoms. The van der Waals surface area contributed by atoms with Gasteiger partial charge in [-0.05, 0) is 6.07 Å². The van der Waals surface area contributed by atoms with E-state index >= 15 is 0 Å². The lowest BCUT2D eigenvalue weighted by Gasteiger charge is -2.07. The molecule has 0 radical (unpaired) electrons. The van der Waals surface area contributed by atoms with Gasteiger partial charge in [-0.2, -0.15) is 0 Å². The number of nitrogens with zero attached hydrogens (tertiary/aromatic N) is 2. The third-order valence-electron chi connectivity index (χ3n) is 2.04. The van der Waals surface area contributed by atoms with Crippen LogP contribution in [0.25, 0.3) is 0 Å². The minimum atomic E-state index is -1.17. The van der Waals surface area contributed by atoms with Crippen molar-refractivity contribution in [1.82, 2.24) is 9.97 Å². The summed E-state index contributed by atoms with van der Waals surface area (Å²) >= 11 is 17.5. The van der Waals surface area contributed by atoms with Crippen LogP contribution in [0.4, 0.5) is 0 Å². The van der Waals surface area contributed by atoms with Gasteiger partial charge in [0.25, 0.3) is 0 Å². The standard InChI is InChI=1S/C11H5Cl3N2O3/c12-5-1-7(14)9(2-6(5)13)19-10-4-15-8(3-16-10)11(17)18/h1-4H,(H,17,18). The van der Waals surface area contributed by atoms with Gasteiger partial charge >= 0.3 is 5.97 Å². The lowest BCUT2D eigenvalue weighted by molar-refractivity contribution is 0.0690. The van der Waals surface area contributed by atoms with Gasteiger partial charge in [0.2, 0.25) is 5.88 Å². The molecule has 0 atom stereocenters. The largest absolute Gasteiger partial charge is 0.476 e. The number of hydrogen-bond acceptors (Lipinski definition) is 4. The number of aromatic carboxylic acids is 1. The van der Waals surface area contributed by atoms with E-state index in [-0.39, 0.29) is 27.4 Å². The van der Waals surface area contributed by atoms with Crippen LogP contribution in [0.15, 0.2) is 24.5 Å². The number of rotatable bonds is 3. The molecule has 0 aliphatic heterocycles. The molecule has 19 heavy (non-hydrogen) atoms. The summed E-state index contributed by atoms with van der Waals surface area (Å²) in [5.41, 5.74) is -0.187. The average molecular weight is 320 g/mol. The van der Waals surface area contributed by atoms with E-state index in [4.69, 9.17) is 44.6 Å². The zero-order chi connectivity index (χ0) is 14.0. The molecule has 0 bridgehead atoms. The minimum absolute atomic E-state index is 0.0882.